The molecule has 0 aromatic carbocycles. The number of carbonyl (C=O) groups is 3. The van der Waals surface area contributed by atoms with Crippen LogP contribution in [0.1, 0.15) is 164 Å². The number of amides is 2. The Kier molecular flexibility index (Phi) is 14.6. The number of aliphatic hydroxyl groups excluding tert-OH is 4. The van der Waals surface area contributed by atoms with Crippen LogP contribution in [-0.2, 0) is 29.2 Å². The molecule has 5 unspecified atom stereocenters. The number of hydrogen-bond donors (Lipinski definition) is 7. The molecule has 2 amide bonds. The molecule has 0 aromatic heterocycles. The molecule has 0 heterocycles. The van der Waals surface area contributed by atoms with Gasteiger partial charge in [-0.3, -0.25) is 18.9 Å². The maximum atomic E-state index is 13.2. The minimum absolute atomic E-state index is 0.0529. The minimum atomic E-state index is -4.15. The fraction of sp³-hybridized carbons (Fsp3) is 0.942. The van der Waals surface area contributed by atoms with E-state index in [9.17, 15) is 43.2 Å². The summed E-state index contributed by atoms with van der Waals surface area (Å²) in [5, 5.41) is 51.8. The van der Waals surface area contributed by atoms with E-state index < -0.39 is 39.5 Å². The average molecular weight is 947 g/mol. The largest absolute Gasteiger partial charge is 0.461 e. The Morgan fingerprint density at radius 2 is 1.23 bits per heavy atom. The first-order valence-corrected chi connectivity index (χ1v) is 28.0. The number of rotatable bonds is 14. The molecular weight excluding hydrogens is 861 g/mol. The van der Waals surface area contributed by atoms with Crippen LogP contribution in [0.5, 0.6) is 0 Å². The van der Waals surface area contributed by atoms with Crippen LogP contribution < -0.4 is 10.6 Å². The van der Waals surface area contributed by atoms with Crippen LogP contribution in [0.25, 0.3) is 0 Å². The standard InChI is InChI=1S/C52H86N2O11S/c1-29(36-11-13-38-35-10-9-31-23-33(55)17-19-49(31,3)40(35)26-43(57)51(36,38)5)8-16-46(60)54-28-47(61)65-34-18-20-50(4)32(24-34)25-42(56)48-39-14-12-37(52(39,6)44(58)27-41(48)50)30(2)7-15-45(59)53-21-22-66(62,63)64/h29-44,48,55-58H,7-28H2,1-6H3,(H,53,59)(H,54,60)(H,62,63,64)/t29-,30-,31?,32?,33-,34-,35?,36-,37-,38?,39+,40?,41+,42-,43+,44+,48+,49+,50+,51-,52-/m1/s1. The van der Waals surface area contributed by atoms with E-state index in [1.165, 1.54) is 12.8 Å². The lowest BCUT2D eigenvalue weighted by atomic mass is 9.43. The smallest absolute Gasteiger partial charge is 0.325 e. The van der Waals surface area contributed by atoms with Crippen molar-refractivity contribution in [1.82, 2.24) is 10.6 Å². The van der Waals surface area contributed by atoms with Gasteiger partial charge >= 0.3 is 5.97 Å². The molecule has 7 N–H and O–H groups in total. The zero-order chi connectivity index (χ0) is 47.7. The normalized spacial score (nSPS) is 47.1. The fourth-order valence-corrected chi connectivity index (χ4v) is 18.8. The van der Waals surface area contributed by atoms with Crippen LogP contribution >= 0.6 is 0 Å². The summed E-state index contributed by atoms with van der Waals surface area (Å²) in [5.74, 6) is 2.16. The minimum Gasteiger partial charge on any atom is -0.461 e. The molecule has 8 rings (SSSR count). The maximum Gasteiger partial charge on any atom is 0.325 e. The van der Waals surface area contributed by atoms with Crippen LogP contribution in [0.15, 0.2) is 0 Å². The molecule has 13 nitrogen and oxygen atoms in total. The fourth-order valence-electron chi connectivity index (χ4n) is 18.4. The first-order chi connectivity index (χ1) is 31.0. The molecule has 0 spiro atoms. The predicted octanol–water partition coefficient (Wildman–Crippen LogP) is 6.44. The van der Waals surface area contributed by atoms with Gasteiger partial charge in [-0.1, -0.05) is 41.5 Å². The van der Waals surface area contributed by atoms with Crippen molar-refractivity contribution in [2.75, 3.05) is 18.8 Å². The number of esters is 1. The molecule has 0 aromatic rings. The van der Waals surface area contributed by atoms with Gasteiger partial charge < -0.3 is 35.8 Å². The highest BCUT2D eigenvalue weighted by Crippen LogP contribution is 2.70. The van der Waals surface area contributed by atoms with E-state index in [0.717, 1.165) is 57.8 Å². The van der Waals surface area contributed by atoms with Crippen molar-refractivity contribution in [2.45, 2.75) is 194 Å². The van der Waals surface area contributed by atoms with Gasteiger partial charge in [0, 0.05) is 19.4 Å². The summed E-state index contributed by atoms with van der Waals surface area (Å²) in [4.78, 5) is 38.9. The summed E-state index contributed by atoms with van der Waals surface area (Å²) in [7, 11) is -4.15. The summed E-state index contributed by atoms with van der Waals surface area (Å²) in [5.41, 5.74) is -0.485. The number of nitrogens with one attached hydrogen (secondary N) is 2. The van der Waals surface area contributed by atoms with Gasteiger partial charge in [-0.25, -0.2) is 0 Å². The van der Waals surface area contributed by atoms with Crippen LogP contribution in [-0.4, -0.2) is 101 Å². The van der Waals surface area contributed by atoms with Crippen molar-refractivity contribution < 1.29 is 52.5 Å². The number of aliphatic hydroxyl groups is 4. The molecule has 14 heteroatoms. The summed E-state index contributed by atoms with van der Waals surface area (Å²) in [6.45, 7) is 13.3. The van der Waals surface area contributed by atoms with E-state index in [2.05, 4.69) is 52.2 Å². The van der Waals surface area contributed by atoms with Crippen molar-refractivity contribution in [1.29, 1.82) is 0 Å². The lowest BCUT2D eigenvalue weighted by Crippen LogP contribution is -2.62. The molecule has 376 valence electrons. The summed E-state index contributed by atoms with van der Waals surface area (Å²) >= 11 is 0. The quantitative estimate of drug-likeness (QED) is 0.0742. The van der Waals surface area contributed by atoms with Gasteiger partial charge in [0.05, 0.1) is 30.2 Å². The molecule has 8 saturated carbocycles. The van der Waals surface area contributed by atoms with Crippen molar-refractivity contribution in [3.63, 3.8) is 0 Å². The monoisotopic (exact) mass is 947 g/mol. The number of ether oxygens (including phenoxy) is 1. The zero-order valence-electron chi connectivity index (χ0n) is 41.0. The topological polar surface area (TPSA) is 220 Å². The summed E-state index contributed by atoms with van der Waals surface area (Å²) in [6, 6.07) is 0. The van der Waals surface area contributed by atoms with E-state index in [1.54, 1.807) is 0 Å². The highest BCUT2D eigenvalue weighted by atomic mass is 32.2. The van der Waals surface area contributed by atoms with E-state index in [4.69, 9.17) is 9.29 Å². The third kappa shape index (κ3) is 9.18. The highest BCUT2D eigenvalue weighted by Gasteiger charge is 2.67. The highest BCUT2D eigenvalue weighted by molar-refractivity contribution is 7.85. The van der Waals surface area contributed by atoms with Gasteiger partial charge in [-0.15, -0.1) is 0 Å². The Labute approximate surface area is 395 Å². The SMILES string of the molecule is C[C@H](CCC(=O)NCC(=O)O[C@@H]1CC[C@@]2(C)C(C1)C[C@@H](O)[C@H]1[C@@H]3CC[C@H]([C@H](C)CCC(=O)NCCS(=O)(=O)O)[C@@]3(C)[C@@H](O)C[C@@H]12)[C@H]1CCC2C3CCC4C[C@H](O)CC[C@]4(C)C3C[C@H](O)[C@@]21C. The Bertz CT molecular complexity index is 1900. The lowest BCUT2D eigenvalue weighted by molar-refractivity contribution is -0.209. The molecular formula is C52H86N2O11S. The average Bonchev–Trinajstić information content (AvgIpc) is 3.81. The Morgan fingerprint density at radius 1 is 0.652 bits per heavy atom. The third-order valence-electron chi connectivity index (χ3n) is 22.1. The number of fused-ring (bicyclic) bond motifs is 10. The second-order valence-corrected chi connectivity index (χ2v) is 26.4. The van der Waals surface area contributed by atoms with E-state index in [1.807, 2.05) is 0 Å². The molecule has 66 heavy (non-hydrogen) atoms. The molecule has 21 atom stereocenters. The Hall–Kier alpha value is -1.84. The van der Waals surface area contributed by atoms with Gasteiger partial charge in [-0.05, 0) is 202 Å². The van der Waals surface area contributed by atoms with Gasteiger partial charge in [0.2, 0.25) is 11.8 Å². The molecule has 8 aliphatic carbocycles. The van der Waals surface area contributed by atoms with E-state index in [0.29, 0.717) is 74.5 Å². The molecule has 0 bridgehead atoms. The second kappa shape index (κ2) is 19.1. The Balaban J connectivity index is 0.787. The summed E-state index contributed by atoms with van der Waals surface area (Å²) in [6.07, 6.45) is 13.4. The molecule has 8 fully saturated rings. The maximum absolute atomic E-state index is 13.2. The van der Waals surface area contributed by atoms with Crippen molar-refractivity contribution in [3.05, 3.63) is 0 Å². The molecule has 0 radical (unpaired) electrons. The first kappa shape index (κ1) is 50.5. The van der Waals surface area contributed by atoms with Gasteiger partial charge in [0.25, 0.3) is 10.1 Å². The van der Waals surface area contributed by atoms with Crippen molar-refractivity contribution >= 4 is 27.9 Å². The van der Waals surface area contributed by atoms with E-state index >= 15 is 0 Å². The molecule has 0 aliphatic heterocycles. The number of carbonyl (C=O) groups excluding carboxylic acids is 3. The van der Waals surface area contributed by atoms with Crippen molar-refractivity contribution in [2.24, 2.45) is 92.7 Å². The predicted molar refractivity (Wildman–Crippen MR) is 250 cm³/mol. The number of hydrogen-bond acceptors (Lipinski definition) is 10. The first-order valence-electron chi connectivity index (χ1n) is 26.4. The van der Waals surface area contributed by atoms with Crippen LogP contribution in [0.2, 0.25) is 0 Å². The van der Waals surface area contributed by atoms with Gasteiger partial charge in [0.15, 0.2) is 0 Å². The lowest BCUT2D eigenvalue weighted by Gasteiger charge is -2.63. The summed E-state index contributed by atoms with van der Waals surface area (Å²) < 4.78 is 37.1. The molecule has 0 saturated heterocycles. The second-order valence-electron chi connectivity index (χ2n) is 24.8. The van der Waals surface area contributed by atoms with Crippen molar-refractivity contribution in [3.8, 4) is 0 Å². The van der Waals surface area contributed by atoms with Crippen LogP contribution in [0.4, 0.5) is 0 Å². The van der Waals surface area contributed by atoms with Crippen LogP contribution in [0.3, 0.4) is 0 Å². The van der Waals surface area contributed by atoms with Crippen LogP contribution in [0, 0.1) is 92.7 Å². The van der Waals surface area contributed by atoms with E-state index in [-0.39, 0.29) is 107 Å². The van der Waals surface area contributed by atoms with Gasteiger partial charge in [0.1, 0.15) is 12.6 Å². The Morgan fingerprint density at radius 3 is 1.88 bits per heavy atom. The third-order valence-corrected chi connectivity index (χ3v) is 22.8. The molecule has 8 aliphatic rings. The zero-order valence-corrected chi connectivity index (χ0v) is 41.8. The van der Waals surface area contributed by atoms with Gasteiger partial charge in [-0.2, -0.15) is 8.42 Å².